The summed E-state index contributed by atoms with van der Waals surface area (Å²) in [5, 5.41) is 2.53. The van der Waals surface area contributed by atoms with E-state index in [2.05, 4.69) is 43.8 Å². The summed E-state index contributed by atoms with van der Waals surface area (Å²) < 4.78 is 18.5. The van der Waals surface area contributed by atoms with Gasteiger partial charge in [0.2, 0.25) is 0 Å². The van der Waals surface area contributed by atoms with Crippen LogP contribution in [0.5, 0.6) is 0 Å². The first-order valence-electron chi connectivity index (χ1n) is 10.7. The number of halogens is 2. The topological polar surface area (TPSA) is 134 Å². The summed E-state index contributed by atoms with van der Waals surface area (Å²) in [5.74, 6) is -3.22. The molecule has 0 aliphatic carbocycles. The SMILES string of the molecule is C=C(C)C(=O)Nc1cc(C(=O)OCCOC(=O)C(C)(C)Br)cc(C(=O)OCCOC(=O)C(C)(C)Br)c1. The third-order valence-electron chi connectivity index (χ3n) is 4.12. The first-order valence-corrected chi connectivity index (χ1v) is 12.3. The van der Waals surface area contributed by atoms with Gasteiger partial charge >= 0.3 is 23.9 Å². The van der Waals surface area contributed by atoms with E-state index in [0.29, 0.717) is 0 Å². The van der Waals surface area contributed by atoms with Crippen LogP contribution in [0, 0.1) is 0 Å². The minimum atomic E-state index is -0.884. The Morgan fingerprint density at radius 1 is 0.750 bits per heavy atom. The number of carbonyl (C=O) groups is 5. The molecule has 0 unspecified atom stereocenters. The van der Waals surface area contributed by atoms with Crippen LogP contribution in [-0.4, -0.2) is 64.9 Å². The van der Waals surface area contributed by atoms with E-state index in [1.54, 1.807) is 27.7 Å². The number of hydrogen-bond donors (Lipinski definition) is 1. The number of anilines is 1. The standard InChI is InChI=1S/C24H29Br2NO9/c1-14(2)18(28)27-17-12-15(19(29)33-7-9-35-21(31)23(3,4)25)11-16(13-17)20(30)34-8-10-36-22(32)24(5,6)26/h11-13H,1,7-10H2,2-6H3,(H,27,28). The molecule has 1 rings (SSSR count). The second-order valence-electron chi connectivity index (χ2n) is 8.52. The Morgan fingerprint density at radius 2 is 1.11 bits per heavy atom. The molecule has 1 aromatic carbocycles. The zero-order valence-corrected chi connectivity index (χ0v) is 23.9. The normalized spacial score (nSPS) is 11.2. The summed E-state index contributed by atoms with van der Waals surface area (Å²) in [7, 11) is 0. The molecule has 0 aliphatic rings. The molecule has 0 bridgehead atoms. The maximum atomic E-state index is 12.5. The Morgan fingerprint density at radius 3 is 1.44 bits per heavy atom. The van der Waals surface area contributed by atoms with E-state index in [9.17, 15) is 24.0 Å². The van der Waals surface area contributed by atoms with Crippen LogP contribution in [0.25, 0.3) is 0 Å². The van der Waals surface area contributed by atoms with Crippen LogP contribution in [0.2, 0.25) is 0 Å². The van der Waals surface area contributed by atoms with Crippen LogP contribution in [0.15, 0.2) is 30.4 Å². The number of ether oxygens (including phenoxy) is 4. The number of alkyl halides is 2. The lowest BCUT2D eigenvalue weighted by Crippen LogP contribution is -2.28. The number of rotatable bonds is 12. The predicted octanol–water partition coefficient (Wildman–Crippen LogP) is 3.95. The van der Waals surface area contributed by atoms with Crippen LogP contribution in [0.1, 0.15) is 55.3 Å². The highest BCUT2D eigenvalue weighted by Crippen LogP contribution is 2.20. The van der Waals surface area contributed by atoms with Crippen LogP contribution in [0.3, 0.4) is 0 Å². The summed E-state index contributed by atoms with van der Waals surface area (Å²) in [6, 6.07) is 3.85. The van der Waals surface area contributed by atoms with Crippen molar-refractivity contribution in [2.75, 3.05) is 31.7 Å². The molecule has 0 spiro atoms. The van der Waals surface area contributed by atoms with Crippen LogP contribution in [-0.2, 0) is 33.3 Å². The highest BCUT2D eigenvalue weighted by Gasteiger charge is 2.26. The zero-order chi connectivity index (χ0) is 27.7. The molecule has 0 atom stereocenters. The molecule has 198 valence electrons. The van der Waals surface area contributed by atoms with E-state index in [4.69, 9.17) is 18.9 Å². The van der Waals surface area contributed by atoms with E-state index in [1.807, 2.05) is 0 Å². The molecule has 1 aromatic rings. The van der Waals surface area contributed by atoms with E-state index in [-0.39, 0.29) is 48.8 Å². The van der Waals surface area contributed by atoms with Crippen molar-refractivity contribution in [3.05, 3.63) is 41.5 Å². The Balaban J connectivity index is 2.90. The van der Waals surface area contributed by atoms with E-state index in [1.165, 1.54) is 25.1 Å². The monoisotopic (exact) mass is 633 g/mol. The maximum absolute atomic E-state index is 12.5. The maximum Gasteiger partial charge on any atom is 0.338 e. The smallest absolute Gasteiger partial charge is 0.338 e. The second kappa shape index (κ2) is 13.5. The van der Waals surface area contributed by atoms with E-state index in [0.717, 1.165) is 0 Å². The van der Waals surface area contributed by atoms with Gasteiger partial charge in [0.25, 0.3) is 5.91 Å². The van der Waals surface area contributed by atoms with Crippen LogP contribution >= 0.6 is 31.9 Å². The molecule has 12 heteroatoms. The number of esters is 4. The molecule has 0 saturated carbocycles. The average Bonchev–Trinajstić information content (AvgIpc) is 2.77. The molecular formula is C24H29Br2NO9. The first-order chi connectivity index (χ1) is 16.5. The quantitative estimate of drug-likeness (QED) is 0.119. The van der Waals surface area contributed by atoms with E-state index < -0.39 is 38.4 Å². The van der Waals surface area contributed by atoms with Gasteiger partial charge in [-0.05, 0) is 52.8 Å². The van der Waals surface area contributed by atoms with Crippen LogP contribution < -0.4 is 5.32 Å². The number of amides is 1. The van der Waals surface area contributed by atoms with E-state index >= 15 is 0 Å². The highest BCUT2D eigenvalue weighted by atomic mass is 79.9. The van der Waals surface area contributed by atoms with Gasteiger partial charge in [-0.15, -0.1) is 0 Å². The van der Waals surface area contributed by atoms with Crippen molar-refractivity contribution in [2.45, 2.75) is 43.3 Å². The second-order valence-corrected chi connectivity index (χ2v) is 12.5. The summed E-state index contributed by atoms with van der Waals surface area (Å²) in [5.41, 5.74) is 0.228. The van der Waals surface area contributed by atoms with Gasteiger partial charge in [-0.3, -0.25) is 14.4 Å². The largest absolute Gasteiger partial charge is 0.461 e. The molecule has 0 saturated heterocycles. The van der Waals surface area contributed by atoms with Gasteiger partial charge < -0.3 is 24.3 Å². The summed E-state index contributed by atoms with van der Waals surface area (Å²) in [4.78, 5) is 60.6. The van der Waals surface area contributed by atoms with Gasteiger partial charge in [-0.1, -0.05) is 38.4 Å². The van der Waals surface area contributed by atoms with Crippen molar-refractivity contribution in [1.29, 1.82) is 0 Å². The number of hydrogen-bond acceptors (Lipinski definition) is 9. The lowest BCUT2D eigenvalue weighted by molar-refractivity contribution is -0.147. The summed E-state index contributed by atoms with van der Waals surface area (Å²) in [6.07, 6.45) is 0. The Kier molecular flexibility index (Phi) is 11.8. The Hall–Kier alpha value is -2.73. The van der Waals surface area contributed by atoms with Crippen molar-refractivity contribution < 1.29 is 42.9 Å². The van der Waals surface area contributed by atoms with Gasteiger partial charge in [0.1, 0.15) is 35.1 Å². The summed E-state index contributed by atoms with van der Waals surface area (Å²) >= 11 is 6.33. The van der Waals surface area contributed by atoms with Crippen LogP contribution in [0.4, 0.5) is 5.69 Å². The van der Waals surface area contributed by atoms with Gasteiger partial charge in [0.05, 0.1) is 11.1 Å². The summed E-state index contributed by atoms with van der Waals surface area (Å²) in [6.45, 7) is 10.7. The third kappa shape index (κ3) is 10.9. The third-order valence-corrected chi connectivity index (χ3v) is 4.77. The fourth-order valence-electron chi connectivity index (χ4n) is 2.22. The number of nitrogens with one attached hydrogen (secondary N) is 1. The average molecular weight is 635 g/mol. The van der Waals surface area contributed by atoms with Gasteiger partial charge in [-0.25, -0.2) is 9.59 Å². The fraction of sp³-hybridized carbons (Fsp3) is 0.458. The molecule has 0 aliphatic heterocycles. The lowest BCUT2D eigenvalue weighted by Gasteiger charge is -2.15. The van der Waals surface area contributed by atoms with Crippen molar-refractivity contribution in [2.24, 2.45) is 0 Å². The molecule has 1 amide bonds. The first kappa shape index (κ1) is 31.3. The van der Waals surface area contributed by atoms with Gasteiger partial charge in [0.15, 0.2) is 0 Å². The molecule has 0 heterocycles. The minimum Gasteiger partial charge on any atom is -0.461 e. The van der Waals surface area contributed by atoms with Crippen molar-refractivity contribution in [3.63, 3.8) is 0 Å². The predicted molar refractivity (Wildman–Crippen MR) is 138 cm³/mol. The molecule has 1 N–H and O–H groups in total. The molecule has 10 nitrogen and oxygen atoms in total. The Bertz CT molecular complexity index is 959. The van der Waals surface area contributed by atoms with Gasteiger partial charge in [0, 0.05) is 11.3 Å². The zero-order valence-electron chi connectivity index (χ0n) is 20.7. The minimum absolute atomic E-state index is 0.0546. The number of carbonyl (C=O) groups excluding carboxylic acids is 5. The Labute approximate surface area is 226 Å². The number of benzene rings is 1. The van der Waals surface area contributed by atoms with Gasteiger partial charge in [-0.2, -0.15) is 0 Å². The molecule has 0 fully saturated rings. The molecule has 0 radical (unpaired) electrons. The molecular weight excluding hydrogens is 606 g/mol. The lowest BCUT2D eigenvalue weighted by atomic mass is 10.1. The van der Waals surface area contributed by atoms with Crippen molar-refractivity contribution in [3.8, 4) is 0 Å². The highest BCUT2D eigenvalue weighted by molar-refractivity contribution is 9.10. The molecule has 36 heavy (non-hydrogen) atoms. The molecule has 0 aromatic heterocycles. The van der Waals surface area contributed by atoms with Crippen molar-refractivity contribution in [1.82, 2.24) is 0 Å². The fourth-order valence-corrected chi connectivity index (χ4v) is 2.45. The van der Waals surface area contributed by atoms with Crippen molar-refractivity contribution >= 4 is 67.3 Å².